The summed E-state index contributed by atoms with van der Waals surface area (Å²) < 4.78 is 8.69. The van der Waals surface area contributed by atoms with Crippen molar-refractivity contribution in [2.45, 2.75) is 0 Å². The summed E-state index contributed by atoms with van der Waals surface area (Å²) in [6.45, 7) is 0. The zero-order valence-electron chi connectivity index (χ0n) is 27.6. The molecule has 0 aliphatic carbocycles. The monoisotopic (exact) mass is 650 g/mol. The largest absolute Gasteiger partial charge is 0.453 e. The molecule has 2 heterocycles. The summed E-state index contributed by atoms with van der Waals surface area (Å²) in [5.41, 5.74) is 9.08. The lowest BCUT2D eigenvalue weighted by Crippen LogP contribution is -2.10. The summed E-state index contributed by atoms with van der Waals surface area (Å²) >= 11 is 0. The van der Waals surface area contributed by atoms with Crippen molar-refractivity contribution in [3.8, 4) is 28.3 Å². The van der Waals surface area contributed by atoms with Gasteiger partial charge in [-0.25, -0.2) is 0 Å². The number of rotatable bonds is 4. The fraction of sp³-hybridized carbons (Fsp3) is 0. The quantitative estimate of drug-likeness (QED) is 0.176. The lowest BCUT2D eigenvalue weighted by molar-refractivity contribution is 0.476. The van der Waals surface area contributed by atoms with Crippen molar-refractivity contribution in [3.63, 3.8) is 0 Å². The van der Waals surface area contributed by atoms with Crippen molar-refractivity contribution in [1.29, 1.82) is 0 Å². The van der Waals surface area contributed by atoms with Gasteiger partial charge in [0.25, 0.3) is 0 Å². The molecule has 0 bridgehead atoms. The van der Waals surface area contributed by atoms with E-state index in [0.29, 0.717) is 0 Å². The van der Waals surface area contributed by atoms with Crippen molar-refractivity contribution in [2.24, 2.45) is 0 Å². The highest BCUT2D eigenvalue weighted by Gasteiger charge is 2.23. The van der Waals surface area contributed by atoms with Gasteiger partial charge in [-0.3, -0.25) is 0 Å². The molecule has 0 N–H and O–H groups in total. The molecule has 0 saturated heterocycles. The molecule has 1 aromatic heterocycles. The zero-order chi connectivity index (χ0) is 33.5. The zero-order valence-corrected chi connectivity index (χ0v) is 27.6. The van der Waals surface area contributed by atoms with Crippen LogP contribution in [0.1, 0.15) is 0 Å². The summed E-state index contributed by atoms with van der Waals surface area (Å²) in [5.74, 6) is 1.77. The van der Waals surface area contributed by atoms with Gasteiger partial charge in [-0.2, -0.15) is 0 Å². The van der Waals surface area contributed by atoms with Crippen LogP contribution in [0.5, 0.6) is 11.5 Å². The Hall–Kier alpha value is -6.84. The molecular weight excluding hydrogens is 621 g/mol. The Bertz CT molecular complexity index is 3010. The second kappa shape index (κ2) is 10.8. The highest BCUT2D eigenvalue weighted by atomic mass is 16.5. The van der Waals surface area contributed by atoms with Gasteiger partial charge >= 0.3 is 0 Å². The van der Waals surface area contributed by atoms with Gasteiger partial charge in [-0.1, -0.05) is 115 Å². The van der Waals surface area contributed by atoms with E-state index in [1.165, 1.54) is 59.7 Å². The lowest BCUT2D eigenvalue weighted by Gasteiger charge is -2.26. The normalized spacial score (nSPS) is 12.1. The van der Waals surface area contributed by atoms with E-state index < -0.39 is 0 Å². The van der Waals surface area contributed by atoms with Crippen LogP contribution in [-0.4, -0.2) is 4.57 Å². The molecule has 1 aliphatic rings. The molecule has 238 valence electrons. The van der Waals surface area contributed by atoms with Crippen LogP contribution in [0.25, 0.3) is 70.9 Å². The number of anilines is 3. The molecule has 11 rings (SSSR count). The minimum Gasteiger partial charge on any atom is -0.453 e. The Morgan fingerprint density at radius 3 is 1.90 bits per heavy atom. The summed E-state index contributed by atoms with van der Waals surface area (Å²) in [5, 5.41) is 9.89. The Kier molecular flexibility index (Phi) is 5.96. The van der Waals surface area contributed by atoms with E-state index in [-0.39, 0.29) is 0 Å². The number of benzene rings is 9. The maximum Gasteiger partial charge on any atom is 0.152 e. The molecule has 3 nitrogen and oxygen atoms in total. The van der Waals surface area contributed by atoms with E-state index in [1.54, 1.807) is 0 Å². The van der Waals surface area contributed by atoms with E-state index >= 15 is 0 Å². The molecular formula is C48H30N2O. The van der Waals surface area contributed by atoms with Gasteiger partial charge in [0.15, 0.2) is 11.5 Å². The molecule has 0 saturated carbocycles. The molecule has 1 aliphatic heterocycles. The van der Waals surface area contributed by atoms with Crippen LogP contribution in [0.15, 0.2) is 182 Å². The fourth-order valence-electron chi connectivity index (χ4n) is 8.10. The number of para-hydroxylation sites is 3. The molecule has 0 fully saturated rings. The van der Waals surface area contributed by atoms with Gasteiger partial charge < -0.3 is 14.2 Å². The Morgan fingerprint density at radius 1 is 0.373 bits per heavy atom. The van der Waals surface area contributed by atoms with Gasteiger partial charge in [-0.05, 0) is 110 Å². The summed E-state index contributed by atoms with van der Waals surface area (Å²) in [6, 6.07) is 65.7. The van der Waals surface area contributed by atoms with Crippen molar-refractivity contribution >= 4 is 71.2 Å². The van der Waals surface area contributed by atoms with Crippen molar-refractivity contribution in [2.75, 3.05) is 4.90 Å². The fourth-order valence-corrected chi connectivity index (χ4v) is 8.10. The smallest absolute Gasteiger partial charge is 0.152 e. The Balaban J connectivity index is 1.04. The van der Waals surface area contributed by atoms with Crippen LogP contribution >= 0.6 is 0 Å². The average Bonchev–Trinajstić information content (AvgIpc) is 3.53. The van der Waals surface area contributed by atoms with Gasteiger partial charge in [0.05, 0.1) is 16.7 Å². The first-order chi connectivity index (χ1) is 25.3. The minimum absolute atomic E-state index is 0.880. The van der Waals surface area contributed by atoms with Crippen LogP contribution in [0, 0.1) is 0 Å². The Labute approximate surface area is 294 Å². The number of hydrogen-bond donors (Lipinski definition) is 0. The Morgan fingerprint density at radius 2 is 1.00 bits per heavy atom. The highest BCUT2D eigenvalue weighted by Crippen LogP contribution is 2.46. The van der Waals surface area contributed by atoms with E-state index in [9.17, 15) is 0 Å². The number of fused-ring (bicyclic) bond motifs is 9. The molecule has 10 aromatic rings. The minimum atomic E-state index is 0.880. The van der Waals surface area contributed by atoms with E-state index in [4.69, 9.17) is 4.74 Å². The van der Waals surface area contributed by atoms with Gasteiger partial charge in [-0.15, -0.1) is 0 Å². The first kappa shape index (κ1) is 28.0. The molecule has 0 unspecified atom stereocenters. The first-order valence-electron chi connectivity index (χ1n) is 17.4. The molecule has 51 heavy (non-hydrogen) atoms. The standard InChI is InChI=1S/C48H30N2O/c1-2-10-34-28-38(24-20-31(34)8-1)49(39-25-26-41-36(29-39)17-16-33-9-3-4-11-40(33)41)37-22-18-32(19-23-37)35-21-27-44-43(30-35)42-12-7-15-47-48(42)50(44)45-13-5-6-14-46(45)51-47/h1-30H. The number of hydrogen-bond acceptors (Lipinski definition) is 2. The van der Waals surface area contributed by atoms with Gasteiger partial charge in [0, 0.05) is 27.8 Å². The maximum absolute atomic E-state index is 6.34. The lowest BCUT2D eigenvalue weighted by atomic mass is 10.00. The molecule has 0 atom stereocenters. The average molecular weight is 651 g/mol. The molecule has 3 heteroatoms. The van der Waals surface area contributed by atoms with Crippen LogP contribution in [0.2, 0.25) is 0 Å². The molecule has 0 radical (unpaired) electrons. The van der Waals surface area contributed by atoms with Gasteiger partial charge in [0.1, 0.15) is 0 Å². The summed E-state index contributed by atoms with van der Waals surface area (Å²) in [6.07, 6.45) is 0. The predicted octanol–water partition coefficient (Wildman–Crippen LogP) is 13.5. The van der Waals surface area contributed by atoms with E-state index in [1.807, 2.05) is 12.1 Å². The number of ether oxygens (including phenoxy) is 1. The predicted molar refractivity (Wildman–Crippen MR) is 213 cm³/mol. The number of aromatic nitrogens is 1. The van der Waals surface area contributed by atoms with Crippen LogP contribution < -0.4 is 9.64 Å². The third-order valence-corrected chi connectivity index (χ3v) is 10.5. The third-order valence-electron chi connectivity index (χ3n) is 10.5. The topological polar surface area (TPSA) is 17.4 Å². The van der Waals surface area contributed by atoms with Gasteiger partial charge in [0.2, 0.25) is 0 Å². The third kappa shape index (κ3) is 4.32. The van der Waals surface area contributed by atoms with Crippen LogP contribution in [0.4, 0.5) is 17.1 Å². The molecule has 0 amide bonds. The molecule has 9 aromatic carbocycles. The van der Waals surface area contributed by atoms with Crippen LogP contribution in [-0.2, 0) is 0 Å². The second-order valence-corrected chi connectivity index (χ2v) is 13.4. The van der Waals surface area contributed by atoms with E-state index in [0.717, 1.165) is 39.8 Å². The highest BCUT2D eigenvalue weighted by molar-refractivity contribution is 6.13. The van der Waals surface area contributed by atoms with E-state index in [2.05, 4.69) is 179 Å². The first-order valence-corrected chi connectivity index (χ1v) is 17.4. The van der Waals surface area contributed by atoms with Crippen molar-refractivity contribution < 1.29 is 4.74 Å². The molecule has 0 spiro atoms. The van der Waals surface area contributed by atoms with Crippen molar-refractivity contribution in [1.82, 2.24) is 4.57 Å². The summed E-state index contributed by atoms with van der Waals surface area (Å²) in [4.78, 5) is 2.37. The van der Waals surface area contributed by atoms with Crippen LogP contribution in [0.3, 0.4) is 0 Å². The second-order valence-electron chi connectivity index (χ2n) is 13.4. The number of nitrogens with zero attached hydrogens (tertiary/aromatic N) is 2. The SMILES string of the molecule is c1ccc2c(c1)Oc1cccc3c4cc(-c5ccc(N(c6ccc7ccccc7c6)c6ccc7c(ccc8ccccc87)c6)cc5)ccc4n-2c13. The van der Waals surface area contributed by atoms with Crippen molar-refractivity contribution in [3.05, 3.63) is 182 Å². The summed E-state index contributed by atoms with van der Waals surface area (Å²) in [7, 11) is 0. The maximum atomic E-state index is 6.34.